The second kappa shape index (κ2) is 9.32. The summed E-state index contributed by atoms with van der Waals surface area (Å²) >= 11 is 0. The van der Waals surface area contributed by atoms with Crippen LogP contribution < -0.4 is 4.74 Å². The molecule has 0 fully saturated rings. The monoisotopic (exact) mass is 449 g/mol. The van der Waals surface area contributed by atoms with Crippen molar-refractivity contribution in [2.75, 3.05) is 6.61 Å². The molecular formula is C29H24FN3O. The number of pyridine rings is 1. The maximum absolute atomic E-state index is 14.5. The highest BCUT2D eigenvalue weighted by Crippen LogP contribution is 2.28. The first-order valence-corrected chi connectivity index (χ1v) is 11.1. The van der Waals surface area contributed by atoms with Crippen LogP contribution in [0.1, 0.15) is 11.1 Å². The van der Waals surface area contributed by atoms with Gasteiger partial charge in [-0.05, 0) is 53.4 Å². The van der Waals surface area contributed by atoms with E-state index in [1.54, 1.807) is 25.1 Å². The highest BCUT2D eigenvalue weighted by atomic mass is 19.1. The van der Waals surface area contributed by atoms with Gasteiger partial charge in [-0.3, -0.25) is 0 Å². The topological polar surface area (TPSA) is 39.9 Å². The quantitative estimate of drug-likeness (QED) is 0.257. The zero-order chi connectivity index (χ0) is 23.5. The molecule has 0 bridgehead atoms. The Labute approximate surface area is 198 Å². The SMILES string of the molecule is C=CCOc1ccc(-c2ccc(Cn3ccc4nc(-c5cccc(C)c5F)nc-4c3)cc2)cc1. The molecule has 0 unspecified atom stereocenters. The fraction of sp³-hybridized carbons (Fsp3) is 0.103. The van der Waals surface area contributed by atoms with Gasteiger partial charge in [-0.1, -0.05) is 61.2 Å². The minimum absolute atomic E-state index is 0.273. The summed E-state index contributed by atoms with van der Waals surface area (Å²) < 4.78 is 22.1. The van der Waals surface area contributed by atoms with Gasteiger partial charge in [0.1, 0.15) is 23.9 Å². The maximum Gasteiger partial charge on any atom is 0.163 e. The minimum Gasteiger partial charge on any atom is -0.490 e. The maximum atomic E-state index is 14.5. The summed E-state index contributed by atoms with van der Waals surface area (Å²) in [6, 6.07) is 23.7. The Kier molecular flexibility index (Phi) is 5.91. The molecule has 2 heterocycles. The van der Waals surface area contributed by atoms with Gasteiger partial charge in [-0.15, -0.1) is 0 Å². The normalized spacial score (nSPS) is 11.0. The Morgan fingerprint density at radius 3 is 2.35 bits per heavy atom. The molecule has 0 saturated heterocycles. The number of aromatic nitrogens is 3. The predicted molar refractivity (Wildman–Crippen MR) is 133 cm³/mol. The molecule has 2 aliphatic rings. The third-order valence-electron chi connectivity index (χ3n) is 5.73. The molecule has 3 aromatic carbocycles. The summed E-state index contributed by atoms with van der Waals surface area (Å²) in [6.45, 7) is 6.61. The first-order chi connectivity index (χ1) is 16.6. The average molecular weight is 450 g/mol. The number of halogens is 1. The van der Waals surface area contributed by atoms with Gasteiger partial charge in [0.25, 0.3) is 0 Å². The number of benzene rings is 3. The van der Waals surface area contributed by atoms with Crippen LogP contribution in [0.25, 0.3) is 33.9 Å². The van der Waals surface area contributed by atoms with Crippen molar-refractivity contribution in [1.82, 2.24) is 14.5 Å². The largest absolute Gasteiger partial charge is 0.490 e. The van der Waals surface area contributed by atoms with E-state index in [1.165, 1.54) is 5.56 Å². The molecule has 3 aromatic rings. The summed E-state index contributed by atoms with van der Waals surface area (Å²) in [5.74, 6) is 0.972. The Morgan fingerprint density at radius 2 is 1.62 bits per heavy atom. The van der Waals surface area contributed by atoms with Gasteiger partial charge < -0.3 is 9.30 Å². The van der Waals surface area contributed by atoms with Crippen LogP contribution in [-0.2, 0) is 6.54 Å². The summed E-state index contributed by atoms with van der Waals surface area (Å²) in [7, 11) is 0. The van der Waals surface area contributed by atoms with Crippen molar-refractivity contribution in [2.45, 2.75) is 13.5 Å². The van der Waals surface area contributed by atoms with Gasteiger partial charge in [0, 0.05) is 18.9 Å². The molecule has 0 amide bonds. The van der Waals surface area contributed by atoms with Crippen LogP contribution in [0.3, 0.4) is 0 Å². The van der Waals surface area contributed by atoms with Crippen LogP contribution in [0.4, 0.5) is 4.39 Å². The molecule has 0 aromatic heterocycles. The molecule has 168 valence electrons. The van der Waals surface area contributed by atoms with E-state index in [1.807, 2.05) is 36.7 Å². The second-order valence-electron chi connectivity index (χ2n) is 8.19. The van der Waals surface area contributed by atoms with Crippen LogP contribution in [-0.4, -0.2) is 21.1 Å². The molecule has 0 spiro atoms. The van der Waals surface area contributed by atoms with Gasteiger partial charge in [-0.2, -0.15) is 0 Å². The van der Waals surface area contributed by atoms with E-state index in [-0.39, 0.29) is 5.82 Å². The average Bonchev–Trinajstić information content (AvgIpc) is 3.28. The Balaban J connectivity index is 1.33. The van der Waals surface area contributed by atoms with Gasteiger partial charge in [-0.25, -0.2) is 14.4 Å². The van der Waals surface area contributed by atoms with E-state index >= 15 is 0 Å². The number of imidazole rings is 1. The third-order valence-corrected chi connectivity index (χ3v) is 5.73. The van der Waals surface area contributed by atoms with Gasteiger partial charge in [0.2, 0.25) is 0 Å². The predicted octanol–water partition coefficient (Wildman–Crippen LogP) is 6.78. The van der Waals surface area contributed by atoms with E-state index in [2.05, 4.69) is 57.5 Å². The van der Waals surface area contributed by atoms with E-state index in [4.69, 9.17) is 4.74 Å². The zero-order valence-electron chi connectivity index (χ0n) is 18.9. The molecule has 2 aliphatic heterocycles. The van der Waals surface area contributed by atoms with Crippen LogP contribution in [0.5, 0.6) is 5.75 Å². The van der Waals surface area contributed by atoms with E-state index in [9.17, 15) is 4.39 Å². The van der Waals surface area contributed by atoms with Crippen molar-refractivity contribution in [3.05, 3.63) is 115 Å². The molecule has 0 atom stereocenters. The van der Waals surface area contributed by atoms with E-state index in [0.29, 0.717) is 30.1 Å². The van der Waals surface area contributed by atoms with Crippen molar-refractivity contribution in [3.8, 4) is 39.7 Å². The molecule has 0 radical (unpaired) electrons. The number of aryl methyl sites for hydroxylation is 1. The van der Waals surface area contributed by atoms with Crippen LogP contribution in [0.15, 0.2) is 97.8 Å². The molecule has 34 heavy (non-hydrogen) atoms. The number of hydrogen-bond donors (Lipinski definition) is 0. The van der Waals surface area contributed by atoms with Crippen LogP contribution >= 0.6 is 0 Å². The number of ether oxygens (including phenoxy) is 1. The fourth-order valence-electron chi connectivity index (χ4n) is 3.90. The number of nitrogens with zero attached hydrogens (tertiary/aromatic N) is 3. The Bertz CT molecular complexity index is 1400. The Morgan fingerprint density at radius 1 is 0.912 bits per heavy atom. The first-order valence-electron chi connectivity index (χ1n) is 11.1. The number of hydrogen-bond acceptors (Lipinski definition) is 3. The van der Waals surface area contributed by atoms with Crippen LogP contribution in [0.2, 0.25) is 0 Å². The van der Waals surface area contributed by atoms with Crippen molar-refractivity contribution in [2.24, 2.45) is 0 Å². The summed E-state index contributed by atoms with van der Waals surface area (Å²) in [5.41, 5.74) is 5.96. The lowest BCUT2D eigenvalue weighted by molar-refractivity contribution is 0.363. The van der Waals surface area contributed by atoms with Crippen LogP contribution in [0, 0.1) is 12.7 Å². The van der Waals surface area contributed by atoms with E-state index < -0.39 is 0 Å². The number of rotatable bonds is 7. The fourth-order valence-corrected chi connectivity index (χ4v) is 3.90. The molecule has 5 rings (SSSR count). The lowest BCUT2D eigenvalue weighted by Gasteiger charge is -2.10. The van der Waals surface area contributed by atoms with Crippen molar-refractivity contribution < 1.29 is 9.13 Å². The summed E-state index contributed by atoms with van der Waals surface area (Å²) in [5, 5.41) is 0. The Hall–Kier alpha value is -4.25. The highest BCUT2D eigenvalue weighted by molar-refractivity contribution is 5.67. The van der Waals surface area contributed by atoms with Crippen molar-refractivity contribution in [1.29, 1.82) is 0 Å². The molecule has 0 saturated carbocycles. The lowest BCUT2D eigenvalue weighted by atomic mass is 10.0. The van der Waals surface area contributed by atoms with Crippen molar-refractivity contribution in [3.63, 3.8) is 0 Å². The molecule has 0 N–H and O–H groups in total. The smallest absolute Gasteiger partial charge is 0.163 e. The first kappa shape index (κ1) is 21.6. The summed E-state index contributed by atoms with van der Waals surface area (Å²) in [4.78, 5) is 9.10. The zero-order valence-corrected chi connectivity index (χ0v) is 18.9. The summed E-state index contributed by atoms with van der Waals surface area (Å²) in [6.07, 6.45) is 5.66. The van der Waals surface area contributed by atoms with Gasteiger partial charge in [0.05, 0.1) is 11.3 Å². The highest BCUT2D eigenvalue weighted by Gasteiger charge is 2.16. The standard InChI is InChI=1S/C29H24FN3O/c1-3-17-34-24-13-11-23(12-14-24)22-9-7-21(8-10-22)18-33-16-15-26-27(19-33)32-29(31-26)25-6-4-5-20(2)28(25)30/h3-16,19H,1,17-18H2,2H3. The molecule has 5 heteroatoms. The van der Waals surface area contributed by atoms with E-state index in [0.717, 1.165) is 28.3 Å². The van der Waals surface area contributed by atoms with Gasteiger partial charge in [0.15, 0.2) is 5.82 Å². The second-order valence-corrected chi connectivity index (χ2v) is 8.19. The minimum atomic E-state index is -0.273. The van der Waals surface area contributed by atoms with Gasteiger partial charge >= 0.3 is 0 Å². The molecule has 0 aliphatic carbocycles. The lowest BCUT2D eigenvalue weighted by Crippen LogP contribution is -2.00. The number of fused-ring (bicyclic) bond motifs is 1. The molecular weight excluding hydrogens is 425 g/mol. The van der Waals surface area contributed by atoms with Crippen molar-refractivity contribution >= 4 is 0 Å². The molecule has 4 nitrogen and oxygen atoms in total. The third kappa shape index (κ3) is 4.46.